The minimum Gasteiger partial charge on any atom is -0.503 e. The fourth-order valence-electron chi connectivity index (χ4n) is 8.72. The van der Waals surface area contributed by atoms with Gasteiger partial charge in [-0.1, -0.05) is 23.8 Å². The van der Waals surface area contributed by atoms with E-state index in [0.717, 1.165) is 21.9 Å². The molecule has 1 aromatic heterocycles. The van der Waals surface area contributed by atoms with E-state index in [4.69, 9.17) is 32.4 Å². The Bertz CT molecular complexity index is 2520. The first-order valence-electron chi connectivity index (χ1n) is 17.1. The summed E-state index contributed by atoms with van der Waals surface area (Å²) in [7, 11) is 1.35. The standard InChI is InChI=1S/C40H26Br2Cl2FN3O7/c1-54-28-16-24(31(41)32(42)33(28)49)30-22-14-15-23-29(25(22)17-39(43)37(52)48(38(53)40(30,39)44)21-12-8-19(45)9-13-21)36(51)47(35(23)50)20-10-6-18(7-11-20)34-46-26-4-2-3-5-27(26)55-34/h2-14,16,23,25,29-30,49H,15,17H2,1H3. The lowest BCUT2D eigenvalue weighted by Gasteiger charge is -2.51. The normalized spacial score (nSPS) is 27.3. The molecule has 4 aliphatic rings. The van der Waals surface area contributed by atoms with Crippen molar-refractivity contribution in [2.45, 2.75) is 28.5 Å². The van der Waals surface area contributed by atoms with Crippen LogP contribution in [-0.4, -0.2) is 50.6 Å². The lowest BCUT2D eigenvalue weighted by atomic mass is 9.56. The van der Waals surface area contributed by atoms with Crippen LogP contribution < -0.4 is 14.5 Å². The van der Waals surface area contributed by atoms with Crippen molar-refractivity contribution in [3.63, 3.8) is 0 Å². The van der Waals surface area contributed by atoms with Crippen LogP contribution in [0.3, 0.4) is 0 Å². The van der Waals surface area contributed by atoms with Gasteiger partial charge in [0.2, 0.25) is 17.7 Å². The number of para-hydroxylation sites is 2. The summed E-state index contributed by atoms with van der Waals surface area (Å²) >= 11 is 22.0. The van der Waals surface area contributed by atoms with Gasteiger partial charge in [0.1, 0.15) is 11.3 Å². The first-order chi connectivity index (χ1) is 26.3. The maximum Gasteiger partial charge on any atom is 0.258 e. The van der Waals surface area contributed by atoms with E-state index in [-0.39, 0.29) is 34.5 Å². The molecule has 0 bridgehead atoms. The number of imide groups is 2. The summed E-state index contributed by atoms with van der Waals surface area (Å²) in [4.78, 5) is 60.3. The van der Waals surface area contributed by atoms with E-state index < -0.39 is 62.9 Å². The van der Waals surface area contributed by atoms with Crippen LogP contribution in [0.15, 0.2) is 104 Å². The van der Waals surface area contributed by atoms with E-state index in [9.17, 15) is 28.7 Å². The van der Waals surface area contributed by atoms with E-state index in [0.29, 0.717) is 43.9 Å². The molecule has 55 heavy (non-hydrogen) atoms. The van der Waals surface area contributed by atoms with Gasteiger partial charge in [0, 0.05) is 16.0 Å². The van der Waals surface area contributed by atoms with Crippen molar-refractivity contribution >= 4 is 101 Å². The fourth-order valence-corrected chi connectivity index (χ4v) is 10.6. The number of carbonyl (C=O) groups excluding carboxylic acids is 4. The average molecular weight is 910 g/mol. The number of methoxy groups -OCH3 is 1. The number of hydrogen-bond acceptors (Lipinski definition) is 8. The Balaban J connectivity index is 1.15. The van der Waals surface area contributed by atoms with Crippen molar-refractivity contribution in [2.24, 2.45) is 17.8 Å². The summed E-state index contributed by atoms with van der Waals surface area (Å²) in [5.74, 6) is -6.78. The summed E-state index contributed by atoms with van der Waals surface area (Å²) in [5, 5.41) is 10.9. The third-order valence-electron chi connectivity index (χ3n) is 11.3. The van der Waals surface area contributed by atoms with Crippen molar-refractivity contribution in [3.05, 3.63) is 111 Å². The second-order valence-electron chi connectivity index (χ2n) is 13.9. The van der Waals surface area contributed by atoms with Gasteiger partial charge < -0.3 is 14.3 Å². The molecule has 2 aliphatic heterocycles. The van der Waals surface area contributed by atoms with E-state index >= 15 is 0 Å². The van der Waals surface area contributed by atoms with Gasteiger partial charge in [-0.15, -0.1) is 23.2 Å². The molecule has 4 aromatic carbocycles. The Labute approximate surface area is 339 Å². The number of benzene rings is 4. The number of rotatable bonds is 5. The molecule has 1 N–H and O–H groups in total. The largest absolute Gasteiger partial charge is 0.503 e. The zero-order valence-electron chi connectivity index (χ0n) is 28.4. The molecule has 3 fully saturated rings. The molecular formula is C40H26Br2Cl2FN3O7. The second kappa shape index (κ2) is 12.7. The number of phenolic OH excluding ortho intramolecular Hbond substituents is 1. The number of phenols is 1. The summed E-state index contributed by atoms with van der Waals surface area (Å²) in [6.45, 7) is 0. The SMILES string of the molecule is COc1cc(C2C3=CCC4C(=O)N(c5ccc(-c6nc7ccccc7o6)cc5)C(=O)C4C3CC3(Cl)C(=O)N(c4ccc(F)cc4)C(=O)C23Cl)c(Br)c(Br)c1O. The molecule has 0 spiro atoms. The number of ether oxygens (including phenoxy) is 1. The van der Waals surface area contributed by atoms with Gasteiger partial charge in [0.25, 0.3) is 11.8 Å². The third kappa shape index (κ3) is 4.98. The van der Waals surface area contributed by atoms with Crippen LogP contribution in [0.1, 0.15) is 24.3 Å². The Morgan fingerprint density at radius 2 is 1.56 bits per heavy atom. The minimum absolute atomic E-state index is 0.0358. The number of amides is 4. The van der Waals surface area contributed by atoms with Gasteiger partial charge in [-0.2, -0.15) is 0 Å². The van der Waals surface area contributed by atoms with Crippen molar-refractivity contribution < 1.29 is 37.8 Å². The predicted molar refractivity (Wildman–Crippen MR) is 209 cm³/mol. The number of allylic oxidation sites excluding steroid dienone is 2. The van der Waals surface area contributed by atoms with Gasteiger partial charge >= 0.3 is 0 Å². The highest BCUT2D eigenvalue weighted by atomic mass is 79.9. The van der Waals surface area contributed by atoms with Crippen molar-refractivity contribution in [3.8, 4) is 23.0 Å². The van der Waals surface area contributed by atoms with E-state index in [1.807, 2.05) is 24.3 Å². The predicted octanol–water partition coefficient (Wildman–Crippen LogP) is 8.64. The molecule has 5 aromatic rings. The quantitative estimate of drug-likeness (QED) is 0.105. The van der Waals surface area contributed by atoms with Crippen LogP contribution in [0, 0.1) is 23.6 Å². The molecule has 2 aliphatic carbocycles. The van der Waals surface area contributed by atoms with Gasteiger partial charge in [-0.3, -0.25) is 24.1 Å². The number of halogens is 5. The number of alkyl halides is 2. The monoisotopic (exact) mass is 907 g/mol. The number of aromatic hydroxyl groups is 1. The van der Waals surface area contributed by atoms with Crippen LogP contribution in [0.4, 0.5) is 15.8 Å². The van der Waals surface area contributed by atoms with Gasteiger partial charge in [-0.05, 0) is 123 Å². The molecule has 278 valence electrons. The highest BCUT2D eigenvalue weighted by molar-refractivity contribution is 9.13. The number of aromatic nitrogens is 1. The summed E-state index contributed by atoms with van der Waals surface area (Å²) in [5.41, 5.74) is 3.23. The average Bonchev–Trinajstić information content (AvgIpc) is 3.78. The third-order valence-corrected chi connectivity index (χ3v) is 14.8. The second-order valence-corrected chi connectivity index (χ2v) is 16.8. The van der Waals surface area contributed by atoms with Crippen LogP contribution >= 0.6 is 55.1 Å². The zero-order chi connectivity index (χ0) is 38.7. The van der Waals surface area contributed by atoms with Crippen LogP contribution in [0.2, 0.25) is 0 Å². The highest BCUT2D eigenvalue weighted by Crippen LogP contribution is 2.67. The molecule has 2 saturated heterocycles. The Kier molecular flexibility index (Phi) is 8.36. The number of oxazole rings is 1. The maximum absolute atomic E-state index is 14.7. The van der Waals surface area contributed by atoms with Crippen molar-refractivity contribution in [1.82, 2.24) is 4.98 Å². The molecule has 1 saturated carbocycles. The maximum atomic E-state index is 14.7. The summed E-state index contributed by atoms with van der Waals surface area (Å²) < 4.78 is 25.9. The van der Waals surface area contributed by atoms with Crippen LogP contribution in [0.25, 0.3) is 22.6 Å². The molecule has 6 unspecified atom stereocenters. The Hall–Kier alpha value is -4.56. The molecule has 9 rings (SSSR count). The topological polar surface area (TPSA) is 130 Å². The van der Waals surface area contributed by atoms with Crippen LogP contribution in [0.5, 0.6) is 11.5 Å². The first-order valence-corrected chi connectivity index (χ1v) is 19.4. The Morgan fingerprint density at radius 1 is 0.891 bits per heavy atom. The number of fused-ring (bicyclic) bond motifs is 5. The fraction of sp³-hybridized carbons (Fsp3) is 0.225. The molecule has 6 atom stereocenters. The van der Waals surface area contributed by atoms with Gasteiger partial charge in [0.15, 0.2) is 26.8 Å². The van der Waals surface area contributed by atoms with E-state index in [1.165, 1.54) is 25.3 Å². The zero-order valence-corrected chi connectivity index (χ0v) is 33.1. The first kappa shape index (κ1) is 36.1. The minimum atomic E-state index is -2.19. The van der Waals surface area contributed by atoms with Gasteiger partial charge in [0.05, 0.1) is 34.8 Å². The number of anilines is 2. The molecule has 15 heteroatoms. The number of nitrogens with zero attached hydrogens (tertiary/aromatic N) is 3. The van der Waals surface area contributed by atoms with Crippen molar-refractivity contribution in [2.75, 3.05) is 16.9 Å². The van der Waals surface area contributed by atoms with E-state index in [2.05, 4.69) is 36.8 Å². The van der Waals surface area contributed by atoms with E-state index in [1.54, 1.807) is 30.3 Å². The highest BCUT2D eigenvalue weighted by Gasteiger charge is 2.77. The van der Waals surface area contributed by atoms with Gasteiger partial charge in [-0.25, -0.2) is 14.3 Å². The molecular weight excluding hydrogens is 884 g/mol. The molecule has 3 heterocycles. The smallest absolute Gasteiger partial charge is 0.258 e. The summed E-state index contributed by atoms with van der Waals surface area (Å²) in [6.07, 6.45) is 1.68. The van der Waals surface area contributed by atoms with Crippen LogP contribution in [-0.2, 0) is 19.2 Å². The summed E-state index contributed by atoms with van der Waals surface area (Å²) in [6, 6.07) is 20.4. The Morgan fingerprint density at radius 3 is 2.25 bits per heavy atom. The number of carbonyl (C=O) groups is 4. The molecule has 0 radical (unpaired) electrons. The lowest BCUT2D eigenvalue weighted by molar-refractivity contribution is -0.125. The lowest BCUT2D eigenvalue weighted by Crippen LogP contribution is -2.60. The van der Waals surface area contributed by atoms with Crippen molar-refractivity contribution in [1.29, 1.82) is 0 Å². The molecule has 4 amide bonds. The number of hydrogen-bond donors (Lipinski definition) is 1. The molecule has 10 nitrogen and oxygen atoms in total.